The normalized spacial score (nSPS) is 27.0. The number of methoxy groups -OCH3 is 1. The van der Waals surface area contributed by atoms with Gasteiger partial charge in [0, 0.05) is 31.7 Å². The predicted molar refractivity (Wildman–Crippen MR) is 81.8 cm³/mol. The van der Waals surface area contributed by atoms with Crippen molar-refractivity contribution in [2.45, 2.75) is 31.5 Å². The van der Waals surface area contributed by atoms with Gasteiger partial charge in [-0.15, -0.1) is 0 Å². The van der Waals surface area contributed by atoms with Crippen LogP contribution in [0.2, 0.25) is 0 Å². The molecule has 2 atom stereocenters. The van der Waals surface area contributed by atoms with Gasteiger partial charge in [0.15, 0.2) is 0 Å². The van der Waals surface area contributed by atoms with Crippen molar-refractivity contribution in [2.75, 3.05) is 26.5 Å². The Labute approximate surface area is 126 Å². The lowest BCUT2D eigenvalue weighted by molar-refractivity contribution is 0.240. The van der Waals surface area contributed by atoms with Gasteiger partial charge in [-0.2, -0.15) is 4.31 Å². The Morgan fingerprint density at radius 2 is 1.81 bits per heavy atom. The van der Waals surface area contributed by atoms with E-state index in [1.54, 1.807) is 11.4 Å². The quantitative estimate of drug-likeness (QED) is 0.841. The summed E-state index contributed by atoms with van der Waals surface area (Å²) in [6.07, 6.45) is 3.20. The zero-order valence-corrected chi connectivity index (χ0v) is 13.3. The summed E-state index contributed by atoms with van der Waals surface area (Å²) in [7, 11) is -1.41. The fourth-order valence-corrected chi connectivity index (χ4v) is 4.78. The Hall–Kier alpha value is -1.11. The molecule has 0 saturated carbocycles. The number of ether oxygens (including phenoxy) is 1. The Kier molecular flexibility index (Phi) is 3.94. The van der Waals surface area contributed by atoms with Crippen molar-refractivity contribution >= 4 is 10.0 Å². The minimum Gasteiger partial charge on any atom is -0.497 e. The number of sulfonamides is 1. The molecule has 116 valence electrons. The van der Waals surface area contributed by atoms with Gasteiger partial charge in [-0.25, -0.2) is 8.42 Å². The van der Waals surface area contributed by atoms with Crippen LogP contribution in [0.4, 0.5) is 0 Å². The lowest BCUT2D eigenvalue weighted by Crippen LogP contribution is -2.38. The molecule has 2 aliphatic heterocycles. The summed E-state index contributed by atoms with van der Waals surface area (Å²) in [5.41, 5.74) is 1.24. The number of nitrogens with zero attached hydrogens (tertiary/aromatic N) is 2. The third kappa shape index (κ3) is 2.93. The first-order chi connectivity index (χ1) is 9.99. The Bertz CT molecular complexity index is 600. The van der Waals surface area contributed by atoms with Crippen LogP contribution in [-0.4, -0.2) is 56.2 Å². The maximum Gasteiger partial charge on any atom is 0.211 e. The minimum absolute atomic E-state index is 0.165. The van der Waals surface area contributed by atoms with E-state index in [0.29, 0.717) is 12.6 Å². The van der Waals surface area contributed by atoms with E-state index in [-0.39, 0.29) is 6.04 Å². The fourth-order valence-electron chi connectivity index (χ4n) is 3.61. The summed E-state index contributed by atoms with van der Waals surface area (Å²) in [6.45, 7) is 2.50. The maximum absolute atomic E-state index is 11.8. The van der Waals surface area contributed by atoms with E-state index in [9.17, 15) is 8.42 Å². The zero-order valence-electron chi connectivity index (χ0n) is 12.5. The van der Waals surface area contributed by atoms with Gasteiger partial charge in [0.2, 0.25) is 10.0 Å². The largest absolute Gasteiger partial charge is 0.497 e. The van der Waals surface area contributed by atoms with Crippen molar-refractivity contribution in [3.05, 3.63) is 29.8 Å². The Balaban J connectivity index is 1.68. The summed E-state index contributed by atoms with van der Waals surface area (Å²) in [4.78, 5) is 2.41. The second kappa shape index (κ2) is 5.59. The second-order valence-electron chi connectivity index (χ2n) is 5.90. The molecule has 0 aliphatic carbocycles. The van der Waals surface area contributed by atoms with Crippen molar-refractivity contribution in [3.63, 3.8) is 0 Å². The van der Waals surface area contributed by atoms with Gasteiger partial charge >= 0.3 is 0 Å². The summed E-state index contributed by atoms with van der Waals surface area (Å²) in [5, 5.41) is 0. The van der Waals surface area contributed by atoms with E-state index in [4.69, 9.17) is 4.74 Å². The van der Waals surface area contributed by atoms with Gasteiger partial charge in [0.05, 0.1) is 13.4 Å². The molecular formula is C15H22N2O3S. The number of benzene rings is 1. The molecule has 0 unspecified atom stereocenters. The van der Waals surface area contributed by atoms with Gasteiger partial charge in [-0.1, -0.05) is 12.1 Å². The van der Waals surface area contributed by atoms with Crippen LogP contribution in [-0.2, 0) is 16.6 Å². The SMILES string of the molecule is COc1ccc(CN2CC[C@H]3[C@H]2CCN3S(C)(=O)=O)cc1. The van der Waals surface area contributed by atoms with Crippen molar-refractivity contribution in [2.24, 2.45) is 0 Å². The topological polar surface area (TPSA) is 49.9 Å². The van der Waals surface area contributed by atoms with Crippen molar-refractivity contribution in [1.29, 1.82) is 0 Å². The van der Waals surface area contributed by atoms with Crippen LogP contribution in [0.5, 0.6) is 5.75 Å². The number of fused-ring (bicyclic) bond motifs is 1. The van der Waals surface area contributed by atoms with Gasteiger partial charge in [-0.3, -0.25) is 4.90 Å². The van der Waals surface area contributed by atoms with Crippen LogP contribution < -0.4 is 4.74 Å². The number of rotatable bonds is 4. The first-order valence-electron chi connectivity index (χ1n) is 7.33. The van der Waals surface area contributed by atoms with Gasteiger partial charge in [0.1, 0.15) is 5.75 Å². The Morgan fingerprint density at radius 1 is 1.14 bits per heavy atom. The molecule has 2 heterocycles. The minimum atomic E-state index is -3.07. The molecule has 1 aromatic carbocycles. The number of hydrogen-bond acceptors (Lipinski definition) is 4. The Morgan fingerprint density at radius 3 is 2.43 bits per heavy atom. The lowest BCUT2D eigenvalue weighted by Gasteiger charge is -2.24. The molecule has 0 spiro atoms. The lowest BCUT2D eigenvalue weighted by atomic mass is 10.1. The maximum atomic E-state index is 11.8. The molecule has 2 fully saturated rings. The zero-order chi connectivity index (χ0) is 15.0. The predicted octanol–water partition coefficient (Wildman–Crippen LogP) is 1.30. The molecule has 0 N–H and O–H groups in total. The molecule has 0 aromatic heterocycles. The van der Waals surface area contributed by atoms with Gasteiger partial charge in [0.25, 0.3) is 0 Å². The van der Waals surface area contributed by atoms with E-state index in [1.165, 1.54) is 11.8 Å². The van der Waals surface area contributed by atoms with Crippen LogP contribution >= 0.6 is 0 Å². The average molecular weight is 310 g/mol. The fraction of sp³-hybridized carbons (Fsp3) is 0.600. The highest BCUT2D eigenvalue weighted by Gasteiger charge is 2.45. The monoisotopic (exact) mass is 310 g/mol. The average Bonchev–Trinajstić information content (AvgIpc) is 3.02. The van der Waals surface area contributed by atoms with Crippen molar-refractivity contribution in [1.82, 2.24) is 9.21 Å². The molecule has 0 amide bonds. The highest BCUT2D eigenvalue weighted by molar-refractivity contribution is 7.88. The van der Waals surface area contributed by atoms with Gasteiger partial charge < -0.3 is 4.74 Å². The van der Waals surface area contributed by atoms with Crippen LogP contribution in [0.25, 0.3) is 0 Å². The molecular weight excluding hydrogens is 288 g/mol. The summed E-state index contributed by atoms with van der Waals surface area (Å²) < 4.78 is 30.5. The molecule has 6 heteroatoms. The van der Waals surface area contributed by atoms with Crippen LogP contribution in [0, 0.1) is 0 Å². The van der Waals surface area contributed by atoms with E-state index >= 15 is 0 Å². The molecule has 1 aromatic rings. The first-order valence-corrected chi connectivity index (χ1v) is 9.17. The smallest absolute Gasteiger partial charge is 0.211 e. The highest BCUT2D eigenvalue weighted by atomic mass is 32.2. The standard InChI is InChI=1S/C15H22N2O3S/c1-20-13-5-3-12(4-6-13)11-16-9-7-15-14(16)8-10-17(15)21(2,18)19/h3-6,14-15H,7-11H2,1-2H3/t14-,15+/m1/s1. The first kappa shape index (κ1) is 14.8. The third-order valence-electron chi connectivity index (χ3n) is 4.61. The molecule has 2 saturated heterocycles. The van der Waals surface area contributed by atoms with Crippen molar-refractivity contribution < 1.29 is 13.2 Å². The van der Waals surface area contributed by atoms with Crippen LogP contribution in [0.15, 0.2) is 24.3 Å². The van der Waals surface area contributed by atoms with E-state index in [1.807, 2.05) is 12.1 Å². The second-order valence-corrected chi connectivity index (χ2v) is 7.84. The molecule has 3 rings (SSSR count). The molecule has 0 radical (unpaired) electrons. The van der Waals surface area contributed by atoms with Gasteiger partial charge in [-0.05, 0) is 30.5 Å². The van der Waals surface area contributed by atoms with E-state index in [2.05, 4.69) is 17.0 Å². The van der Waals surface area contributed by atoms with Crippen molar-refractivity contribution in [3.8, 4) is 5.75 Å². The number of hydrogen-bond donors (Lipinski definition) is 0. The summed E-state index contributed by atoms with van der Waals surface area (Å²) in [6, 6.07) is 8.63. The summed E-state index contributed by atoms with van der Waals surface area (Å²) >= 11 is 0. The highest BCUT2D eigenvalue weighted by Crippen LogP contribution is 2.34. The number of likely N-dealkylation sites (tertiary alicyclic amines) is 1. The third-order valence-corrected chi connectivity index (χ3v) is 5.92. The van der Waals surface area contributed by atoms with Crippen LogP contribution in [0.1, 0.15) is 18.4 Å². The van der Waals surface area contributed by atoms with Crippen LogP contribution in [0.3, 0.4) is 0 Å². The molecule has 0 bridgehead atoms. The molecule has 21 heavy (non-hydrogen) atoms. The van der Waals surface area contributed by atoms with E-state index in [0.717, 1.165) is 31.7 Å². The molecule has 2 aliphatic rings. The summed E-state index contributed by atoms with van der Waals surface area (Å²) in [5.74, 6) is 0.863. The van der Waals surface area contributed by atoms with E-state index < -0.39 is 10.0 Å². The molecule has 5 nitrogen and oxygen atoms in total.